The van der Waals surface area contributed by atoms with Gasteiger partial charge in [-0.05, 0) is 25.1 Å². The molecule has 0 heterocycles. The number of aliphatic hydroxyl groups is 1. The molecule has 0 aromatic heterocycles. The zero-order chi connectivity index (χ0) is 13.5. The Kier molecular flexibility index (Phi) is 5.44. The number of azo groups is 1. The molecule has 1 aromatic carbocycles. The van der Waals surface area contributed by atoms with Crippen molar-refractivity contribution >= 4 is 27.6 Å². The van der Waals surface area contributed by atoms with Crippen LogP contribution in [0.25, 0.3) is 0 Å². The van der Waals surface area contributed by atoms with Crippen LogP contribution in [-0.4, -0.2) is 17.7 Å². The second-order valence-corrected chi connectivity index (χ2v) is 3.95. The van der Waals surface area contributed by atoms with Gasteiger partial charge in [-0.25, -0.2) is 9.18 Å². The van der Waals surface area contributed by atoms with Gasteiger partial charge in [-0.1, -0.05) is 15.9 Å². The molecule has 0 aliphatic carbocycles. The first-order valence-electron chi connectivity index (χ1n) is 4.96. The zero-order valence-electron chi connectivity index (χ0n) is 9.43. The minimum atomic E-state index is -0.832. The molecule has 0 aliphatic rings. The van der Waals surface area contributed by atoms with Gasteiger partial charge in [0.2, 0.25) is 5.70 Å². The highest BCUT2D eigenvalue weighted by molar-refractivity contribution is 9.10. The van der Waals surface area contributed by atoms with E-state index in [1.165, 1.54) is 12.1 Å². The fourth-order valence-corrected chi connectivity index (χ4v) is 1.33. The summed E-state index contributed by atoms with van der Waals surface area (Å²) in [5.41, 5.74) is -0.457. The summed E-state index contributed by atoms with van der Waals surface area (Å²) in [7, 11) is 0. The van der Waals surface area contributed by atoms with Crippen LogP contribution in [0.3, 0.4) is 0 Å². The molecule has 7 heteroatoms. The van der Waals surface area contributed by atoms with Crippen molar-refractivity contribution in [3.8, 4) is 0 Å². The van der Waals surface area contributed by atoms with Gasteiger partial charge in [-0.2, -0.15) is 0 Å². The van der Waals surface area contributed by atoms with E-state index in [1.54, 1.807) is 13.0 Å². The summed E-state index contributed by atoms with van der Waals surface area (Å²) in [5.74, 6) is -1.43. The van der Waals surface area contributed by atoms with Crippen LogP contribution in [0.5, 0.6) is 0 Å². The van der Waals surface area contributed by atoms with Crippen LogP contribution < -0.4 is 0 Å². The predicted molar refractivity (Wildman–Crippen MR) is 66.0 cm³/mol. The van der Waals surface area contributed by atoms with Crippen molar-refractivity contribution < 1.29 is 19.0 Å². The molecule has 96 valence electrons. The van der Waals surface area contributed by atoms with E-state index in [2.05, 4.69) is 30.9 Å². The van der Waals surface area contributed by atoms with E-state index < -0.39 is 17.5 Å². The standard InChI is InChI=1S/C11H10BrFN2O3/c1-2-18-11(17)10(6-16)15-14-9-4-3-7(12)5-8(9)13/h3-6,16H,2H2,1H3. The monoisotopic (exact) mass is 316 g/mol. The van der Waals surface area contributed by atoms with Gasteiger partial charge < -0.3 is 9.84 Å². The average Bonchev–Trinajstić information content (AvgIpc) is 2.32. The molecular weight excluding hydrogens is 307 g/mol. The van der Waals surface area contributed by atoms with E-state index in [4.69, 9.17) is 5.11 Å². The Morgan fingerprint density at radius 3 is 2.89 bits per heavy atom. The first kappa shape index (κ1) is 14.3. The molecule has 1 N–H and O–H groups in total. The lowest BCUT2D eigenvalue weighted by Crippen LogP contribution is -2.05. The molecule has 0 amide bonds. The number of halogens is 2. The molecule has 0 bridgehead atoms. The van der Waals surface area contributed by atoms with Gasteiger partial charge in [-0.3, -0.25) is 0 Å². The largest absolute Gasteiger partial charge is 0.513 e. The summed E-state index contributed by atoms with van der Waals surface area (Å²) in [6, 6.07) is 4.16. The minimum Gasteiger partial charge on any atom is -0.513 e. The molecule has 0 spiro atoms. The predicted octanol–water partition coefficient (Wildman–Crippen LogP) is 3.63. The Hall–Kier alpha value is -1.76. The summed E-state index contributed by atoms with van der Waals surface area (Å²) < 4.78 is 18.5. The van der Waals surface area contributed by atoms with Crippen molar-refractivity contribution in [3.63, 3.8) is 0 Å². The van der Waals surface area contributed by atoms with E-state index in [0.29, 0.717) is 10.7 Å². The molecule has 0 unspecified atom stereocenters. The van der Waals surface area contributed by atoms with Crippen molar-refractivity contribution in [1.82, 2.24) is 0 Å². The van der Waals surface area contributed by atoms with Gasteiger partial charge >= 0.3 is 5.97 Å². The highest BCUT2D eigenvalue weighted by Gasteiger charge is 2.10. The first-order chi connectivity index (χ1) is 8.58. The molecule has 18 heavy (non-hydrogen) atoms. The summed E-state index contributed by atoms with van der Waals surface area (Å²) in [6.07, 6.45) is 0.457. The van der Waals surface area contributed by atoms with Gasteiger partial charge in [0.25, 0.3) is 0 Å². The molecule has 1 aromatic rings. The van der Waals surface area contributed by atoms with Crippen LogP contribution >= 0.6 is 15.9 Å². The molecule has 0 atom stereocenters. The Balaban J connectivity index is 2.88. The van der Waals surface area contributed by atoms with Gasteiger partial charge in [-0.15, -0.1) is 10.2 Å². The van der Waals surface area contributed by atoms with Crippen molar-refractivity contribution in [2.75, 3.05) is 6.61 Å². The lowest BCUT2D eigenvalue weighted by molar-refractivity contribution is -0.138. The molecule has 5 nitrogen and oxygen atoms in total. The molecule has 0 saturated carbocycles. The SMILES string of the molecule is CCOC(=O)C(=CO)N=Nc1ccc(Br)cc1F. The van der Waals surface area contributed by atoms with E-state index in [1.807, 2.05) is 0 Å². The maximum atomic E-state index is 13.4. The summed E-state index contributed by atoms with van der Waals surface area (Å²) >= 11 is 3.10. The van der Waals surface area contributed by atoms with E-state index in [9.17, 15) is 9.18 Å². The van der Waals surface area contributed by atoms with Crippen LogP contribution in [0, 0.1) is 5.82 Å². The summed E-state index contributed by atoms with van der Waals surface area (Å²) in [5, 5.41) is 15.7. The highest BCUT2D eigenvalue weighted by Crippen LogP contribution is 2.22. The number of carbonyl (C=O) groups excluding carboxylic acids is 1. The van der Waals surface area contributed by atoms with Gasteiger partial charge in [0, 0.05) is 4.47 Å². The highest BCUT2D eigenvalue weighted by atomic mass is 79.9. The van der Waals surface area contributed by atoms with Gasteiger partial charge in [0.05, 0.1) is 6.61 Å². The topological polar surface area (TPSA) is 71.2 Å². The normalized spacial score (nSPS) is 11.8. The fourth-order valence-electron chi connectivity index (χ4n) is 0.994. The molecule has 0 aliphatic heterocycles. The first-order valence-corrected chi connectivity index (χ1v) is 5.76. The Bertz CT molecular complexity index is 503. The van der Waals surface area contributed by atoms with Crippen LogP contribution in [0.1, 0.15) is 6.92 Å². The second kappa shape index (κ2) is 6.85. The van der Waals surface area contributed by atoms with Crippen molar-refractivity contribution in [2.45, 2.75) is 6.92 Å². The zero-order valence-corrected chi connectivity index (χ0v) is 11.0. The number of rotatable bonds is 4. The molecule has 0 saturated heterocycles. The number of nitrogens with zero attached hydrogens (tertiary/aromatic N) is 2. The molecular formula is C11H10BrFN2O3. The molecule has 1 rings (SSSR count). The van der Waals surface area contributed by atoms with Crippen molar-refractivity contribution in [3.05, 3.63) is 40.4 Å². The number of esters is 1. The Morgan fingerprint density at radius 2 is 2.33 bits per heavy atom. The van der Waals surface area contributed by atoms with Crippen LogP contribution in [0.15, 0.2) is 44.9 Å². The summed E-state index contributed by atoms with van der Waals surface area (Å²) in [6.45, 7) is 1.75. The third-order valence-electron chi connectivity index (χ3n) is 1.78. The van der Waals surface area contributed by atoms with Crippen LogP contribution in [-0.2, 0) is 9.53 Å². The lowest BCUT2D eigenvalue weighted by atomic mass is 10.3. The van der Waals surface area contributed by atoms with Crippen molar-refractivity contribution in [1.29, 1.82) is 0 Å². The number of ether oxygens (including phenoxy) is 1. The summed E-state index contributed by atoms with van der Waals surface area (Å²) in [4.78, 5) is 11.2. The number of aliphatic hydroxyl groups excluding tert-OH is 1. The maximum Gasteiger partial charge on any atom is 0.362 e. The smallest absolute Gasteiger partial charge is 0.362 e. The fraction of sp³-hybridized carbons (Fsp3) is 0.182. The number of carbonyl (C=O) groups is 1. The number of hydrogen-bond acceptors (Lipinski definition) is 5. The number of benzene rings is 1. The average molecular weight is 317 g/mol. The van der Waals surface area contributed by atoms with Crippen LogP contribution in [0.4, 0.5) is 10.1 Å². The Labute approximate surface area is 111 Å². The number of hydrogen-bond donors (Lipinski definition) is 1. The van der Waals surface area contributed by atoms with E-state index in [0.717, 1.165) is 0 Å². The lowest BCUT2D eigenvalue weighted by Gasteiger charge is -2.00. The van der Waals surface area contributed by atoms with E-state index >= 15 is 0 Å². The van der Waals surface area contributed by atoms with E-state index in [-0.39, 0.29) is 12.3 Å². The molecule has 0 fully saturated rings. The second-order valence-electron chi connectivity index (χ2n) is 3.03. The van der Waals surface area contributed by atoms with Gasteiger partial charge in [0.15, 0.2) is 5.82 Å². The van der Waals surface area contributed by atoms with Gasteiger partial charge in [0.1, 0.15) is 11.9 Å². The Morgan fingerprint density at radius 1 is 1.61 bits per heavy atom. The maximum absolute atomic E-state index is 13.4. The third-order valence-corrected chi connectivity index (χ3v) is 2.28. The van der Waals surface area contributed by atoms with Crippen molar-refractivity contribution in [2.24, 2.45) is 10.2 Å². The molecule has 0 radical (unpaired) electrons. The van der Waals surface area contributed by atoms with Crippen LogP contribution in [0.2, 0.25) is 0 Å². The quantitative estimate of drug-likeness (QED) is 0.399. The third kappa shape index (κ3) is 3.92. The minimum absolute atomic E-state index is 0.0538.